The molecule has 1 heterocycles. The first-order chi connectivity index (χ1) is 15.0. The van der Waals surface area contributed by atoms with Gasteiger partial charge in [-0.1, -0.05) is 12.6 Å². The highest BCUT2D eigenvalue weighted by atomic mass is 19.4. The summed E-state index contributed by atoms with van der Waals surface area (Å²) >= 11 is 0. The van der Waals surface area contributed by atoms with Crippen LogP contribution in [0.5, 0.6) is 11.5 Å². The summed E-state index contributed by atoms with van der Waals surface area (Å²) in [6.45, 7) is 0.826. The van der Waals surface area contributed by atoms with Crippen molar-refractivity contribution in [3.63, 3.8) is 0 Å². The minimum absolute atomic E-state index is 0.0166. The molecule has 0 saturated heterocycles. The van der Waals surface area contributed by atoms with E-state index >= 15 is 0 Å². The molecule has 14 heteroatoms. The van der Waals surface area contributed by atoms with Gasteiger partial charge in [0.05, 0.1) is 25.4 Å². The molecule has 0 unspecified atom stereocenters. The summed E-state index contributed by atoms with van der Waals surface area (Å²) in [5.41, 5.74) is 0.307. The van der Waals surface area contributed by atoms with E-state index in [-0.39, 0.29) is 43.1 Å². The molecule has 2 rings (SSSR count). The van der Waals surface area contributed by atoms with Gasteiger partial charge in [-0.2, -0.15) is 13.2 Å². The van der Waals surface area contributed by atoms with E-state index in [0.717, 1.165) is 18.2 Å². The van der Waals surface area contributed by atoms with Crippen molar-refractivity contribution in [2.24, 2.45) is 0 Å². The van der Waals surface area contributed by atoms with Gasteiger partial charge < -0.3 is 18.9 Å². The van der Waals surface area contributed by atoms with Gasteiger partial charge in [-0.3, -0.25) is 10.0 Å². The zero-order chi connectivity index (χ0) is 23.9. The van der Waals surface area contributed by atoms with Crippen LogP contribution in [0, 0.1) is 0 Å². The highest BCUT2D eigenvalue weighted by Gasteiger charge is 2.49. The average Bonchev–Trinajstić information content (AvgIpc) is 2.69. The largest absolute Gasteiger partial charge is 0.573 e. The number of hydrogen-bond acceptors (Lipinski definition) is 8. The number of esters is 1. The molecule has 1 aromatic rings. The molecule has 0 bridgehead atoms. The number of hydrogen-bond donors (Lipinski definition) is 2. The van der Waals surface area contributed by atoms with Crippen molar-refractivity contribution in [2.45, 2.75) is 32.0 Å². The van der Waals surface area contributed by atoms with Gasteiger partial charge in [-0.15, -0.1) is 13.2 Å². The minimum atomic E-state index is -5.02. The van der Waals surface area contributed by atoms with Crippen molar-refractivity contribution in [3.05, 3.63) is 28.8 Å². The smallest absolute Gasteiger partial charge is 0.475 e. The van der Waals surface area contributed by atoms with Crippen LogP contribution in [0.2, 0.25) is 0 Å². The van der Waals surface area contributed by atoms with Crippen molar-refractivity contribution >= 4 is 12.0 Å². The Bertz CT molecular complexity index is 825. The van der Waals surface area contributed by atoms with E-state index in [4.69, 9.17) is 19.4 Å². The van der Waals surface area contributed by atoms with Crippen LogP contribution < -0.4 is 15.1 Å². The van der Waals surface area contributed by atoms with Crippen LogP contribution in [0.15, 0.2) is 17.7 Å². The first kappa shape index (κ1) is 25.7. The number of nitrogens with one attached hydrogen (secondary N) is 1. The van der Waals surface area contributed by atoms with E-state index in [2.05, 4.69) is 9.57 Å². The third-order valence-electron chi connectivity index (χ3n) is 4.00. The molecular formula is C18H19F6NO7. The lowest BCUT2D eigenvalue weighted by atomic mass is 9.97. The van der Waals surface area contributed by atoms with Crippen molar-refractivity contribution in [3.8, 4) is 11.5 Å². The Labute approximate surface area is 177 Å². The van der Waals surface area contributed by atoms with E-state index in [9.17, 15) is 31.1 Å². The molecule has 8 nitrogen and oxygen atoms in total. The Morgan fingerprint density at radius 1 is 1.12 bits per heavy atom. The average molecular weight is 475 g/mol. The first-order valence-corrected chi connectivity index (χ1v) is 9.09. The lowest BCUT2D eigenvalue weighted by molar-refractivity contribution is -0.274. The number of halogens is 6. The van der Waals surface area contributed by atoms with Crippen LogP contribution in [0.4, 0.5) is 26.3 Å². The maximum Gasteiger partial charge on any atom is 0.573 e. The minimum Gasteiger partial charge on any atom is -0.475 e. The fourth-order valence-electron chi connectivity index (χ4n) is 2.75. The molecule has 1 aromatic carbocycles. The number of benzene rings is 1. The summed E-state index contributed by atoms with van der Waals surface area (Å²) in [5.74, 6) is -2.35. The molecule has 32 heavy (non-hydrogen) atoms. The summed E-state index contributed by atoms with van der Waals surface area (Å²) < 4.78 is 96.9. The van der Waals surface area contributed by atoms with Gasteiger partial charge in [0.1, 0.15) is 18.1 Å². The lowest BCUT2D eigenvalue weighted by Gasteiger charge is -2.29. The van der Waals surface area contributed by atoms with E-state index in [1.165, 1.54) is 12.6 Å². The molecule has 180 valence electrons. The Morgan fingerprint density at radius 2 is 1.81 bits per heavy atom. The van der Waals surface area contributed by atoms with Gasteiger partial charge in [0, 0.05) is 5.56 Å². The maximum atomic E-state index is 13.5. The number of aryl methyl sites for hydroxylation is 1. The molecule has 0 spiro atoms. The van der Waals surface area contributed by atoms with E-state index in [1.807, 2.05) is 0 Å². The topological polar surface area (TPSA) is 95.5 Å². The van der Waals surface area contributed by atoms with Gasteiger partial charge in [0.2, 0.25) is 6.10 Å². The summed E-state index contributed by atoms with van der Waals surface area (Å²) in [4.78, 5) is 16.6. The molecule has 0 radical (unpaired) electrons. The fourth-order valence-corrected chi connectivity index (χ4v) is 2.75. The quantitative estimate of drug-likeness (QED) is 0.230. The third-order valence-corrected chi connectivity index (χ3v) is 4.00. The zero-order valence-corrected chi connectivity index (χ0v) is 16.5. The van der Waals surface area contributed by atoms with Crippen molar-refractivity contribution in [2.75, 3.05) is 26.4 Å². The number of ether oxygens (including phenoxy) is 4. The second kappa shape index (κ2) is 10.8. The van der Waals surface area contributed by atoms with Crippen LogP contribution >= 0.6 is 0 Å². The second-order valence-corrected chi connectivity index (χ2v) is 6.23. The van der Waals surface area contributed by atoms with Crippen LogP contribution in [0.3, 0.4) is 0 Å². The summed E-state index contributed by atoms with van der Waals surface area (Å²) in [6, 6.07) is 1.74. The Balaban J connectivity index is 2.24. The number of carbonyl (C=O) groups excluding carboxylic acids is 1. The monoisotopic (exact) mass is 475 g/mol. The van der Waals surface area contributed by atoms with E-state index in [1.54, 1.807) is 0 Å². The van der Waals surface area contributed by atoms with Crippen LogP contribution in [-0.2, 0) is 25.5 Å². The standard InChI is InChI=1S/C18H19F6NO7/c1-2-10-7-12(32-18(22,23)24)8-11-9-13(15(17(19,20)21)31-14(10)11)16(26)29-5-3-28-4-6-30-25-27/h7-9,15,25,27H,2-6H2,1H3/t15-/m0/s1. The normalized spacial score (nSPS) is 16.1. The lowest BCUT2D eigenvalue weighted by Crippen LogP contribution is -2.41. The Kier molecular flexibility index (Phi) is 8.72. The molecule has 1 aliphatic rings. The van der Waals surface area contributed by atoms with Gasteiger partial charge in [-0.05, 0) is 30.2 Å². The van der Waals surface area contributed by atoms with Crippen molar-refractivity contribution in [1.29, 1.82) is 0 Å². The molecule has 0 aromatic heterocycles. The SMILES string of the molecule is CCc1cc(OC(F)(F)F)cc2c1O[C@H](C(F)(F)F)C(C(=O)OCCOCCONO)=C2. The summed E-state index contributed by atoms with van der Waals surface area (Å²) in [6.07, 6.45) is -11.9. The first-order valence-electron chi connectivity index (χ1n) is 9.09. The molecule has 0 amide bonds. The predicted octanol–water partition coefficient (Wildman–Crippen LogP) is 3.32. The maximum absolute atomic E-state index is 13.5. The third kappa shape index (κ3) is 7.25. The fraction of sp³-hybridized carbons (Fsp3) is 0.500. The molecule has 1 atom stereocenters. The molecular weight excluding hydrogens is 456 g/mol. The molecule has 0 aliphatic carbocycles. The Morgan fingerprint density at radius 3 is 2.41 bits per heavy atom. The second-order valence-electron chi connectivity index (χ2n) is 6.23. The molecule has 0 saturated carbocycles. The van der Waals surface area contributed by atoms with E-state index < -0.39 is 42.5 Å². The zero-order valence-electron chi connectivity index (χ0n) is 16.5. The van der Waals surface area contributed by atoms with Crippen molar-refractivity contribution < 1.29 is 60.1 Å². The van der Waals surface area contributed by atoms with Crippen LogP contribution in [0.1, 0.15) is 18.1 Å². The highest BCUT2D eigenvalue weighted by Crippen LogP contribution is 2.42. The number of alkyl halides is 6. The summed E-state index contributed by atoms with van der Waals surface area (Å²) in [7, 11) is 0. The van der Waals surface area contributed by atoms with Gasteiger partial charge in [0.25, 0.3) is 0 Å². The number of fused-ring (bicyclic) bond motifs is 1. The van der Waals surface area contributed by atoms with E-state index in [0.29, 0.717) is 0 Å². The van der Waals surface area contributed by atoms with Crippen molar-refractivity contribution in [1.82, 2.24) is 5.64 Å². The predicted molar refractivity (Wildman–Crippen MR) is 93.6 cm³/mol. The number of carbonyl (C=O) groups is 1. The van der Waals surface area contributed by atoms with Crippen LogP contribution in [0.25, 0.3) is 6.08 Å². The van der Waals surface area contributed by atoms with Gasteiger partial charge in [0.15, 0.2) is 0 Å². The van der Waals surface area contributed by atoms with Gasteiger partial charge >= 0.3 is 18.5 Å². The summed E-state index contributed by atoms with van der Waals surface area (Å²) in [5, 5.41) is 8.18. The highest BCUT2D eigenvalue weighted by molar-refractivity contribution is 5.96. The van der Waals surface area contributed by atoms with Gasteiger partial charge in [-0.25, -0.2) is 4.79 Å². The molecule has 1 aliphatic heterocycles. The van der Waals surface area contributed by atoms with Crippen LogP contribution in [-0.4, -0.2) is 56.2 Å². The molecule has 0 fully saturated rings. The Hall–Kier alpha value is -2.55. The molecule has 2 N–H and O–H groups in total. The number of rotatable bonds is 10.